The molecule has 1 aliphatic rings. The molecule has 106 valence electrons. The summed E-state index contributed by atoms with van der Waals surface area (Å²) in [7, 11) is 0. The van der Waals surface area contributed by atoms with Crippen molar-refractivity contribution in [3.63, 3.8) is 0 Å². The van der Waals surface area contributed by atoms with Crippen molar-refractivity contribution in [1.82, 2.24) is 24.8 Å². The van der Waals surface area contributed by atoms with E-state index >= 15 is 0 Å². The van der Waals surface area contributed by atoms with Crippen LogP contribution in [0.4, 0.5) is 5.13 Å². The molecule has 1 aliphatic carbocycles. The summed E-state index contributed by atoms with van der Waals surface area (Å²) in [5, 5.41) is 17.5. The lowest BCUT2D eigenvalue weighted by Crippen LogP contribution is -2.15. The fourth-order valence-electron chi connectivity index (χ4n) is 2.09. The van der Waals surface area contributed by atoms with E-state index in [2.05, 4.69) is 25.6 Å². The number of aryl methyl sites for hydroxylation is 1. The number of nitrogens with one attached hydrogen (secondary N) is 1. The molecule has 0 aliphatic heterocycles. The fraction of sp³-hybridized carbons (Fsp3) is 0.308. The zero-order chi connectivity index (χ0) is 14.4. The van der Waals surface area contributed by atoms with Crippen molar-refractivity contribution in [2.45, 2.75) is 25.7 Å². The van der Waals surface area contributed by atoms with Gasteiger partial charge in [0.05, 0.1) is 5.69 Å². The Morgan fingerprint density at radius 2 is 2.24 bits per heavy atom. The van der Waals surface area contributed by atoms with Crippen molar-refractivity contribution in [3.8, 4) is 0 Å². The molecule has 3 aromatic rings. The maximum absolute atomic E-state index is 12.2. The first-order chi connectivity index (χ1) is 10.2. The number of carbonyl (C=O) groups excluding carboxylic acids is 1. The van der Waals surface area contributed by atoms with Crippen molar-refractivity contribution < 1.29 is 4.79 Å². The number of amides is 1. The maximum Gasteiger partial charge on any atom is 0.277 e. The number of fused-ring (bicyclic) bond motifs is 1. The minimum Gasteiger partial charge on any atom is -0.296 e. The number of aromatic nitrogens is 5. The largest absolute Gasteiger partial charge is 0.296 e. The molecule has 8 heteroatoms. The van der Waals surface area contributed by atoms with Crippen LogP contribution in [-0.2, 0) is 0 Å². The van der Waals surface area contributed by atoms with Gasteiger partial charge in [0.1, 0.15) is 5.69 Å². The average Bonchev–Trinajstić information content (AvgIpc) is 3.14. The Hall–Kier alpha value is -2.35. The minimum absolute atomic E-state index is 0.276. The summed E-state index contributed by atoms with van der Waals surface area (Å²) in [6.45, 7) is 1.79. The highest BCUT2D eigenvalue weighted by Gasteiger charge is 2.26. The lowest BCUT2D eigenvalue weighted by Gasteiger charge is -2.01. The minimum atomic E-state index is -0.276. The molecule has 4 rings (SSSR count). The second-order valence-electron chi connectivity index (χ2n) is 5.04. The number of hydrogen-bond donors (Lipinski definition) is 1. The predicted octanol–water partition coefficient (Wildman–Crippen LogP) is 2.02. The van der Waals surface area contributed by atoms with Gasteiger partial charge < -0.3 is 0 Å². The quantitative estimate of drug-likeness (QED) is 0.800. The van der Waals surface area contributed by atoms with Gasteiger partial charge in [-0.05, 0) is 31.9 Å². The van der Waals surface area contributed by atoms with E-state index in [1.807, 2.05) is 5.38 Å². The summed E-state index contributed by atoms with van der Waals surface area (Å²) in [5.74, 6) is 0.952. The second kappa shape index (κ2) is 4.59. The van der Waals surface area contributed by atoms with Crippen molar-refractivity contribution in [1.29, 1.82) is 0 Å². The smallest absolute Gasteiger partial charge is 0.277 e. The third-order valence-electron chi connectivity index (χ3n) is 3.39. The Morgan fingerprint density at radius 1 is 1.38 bits per heavy atom. The van der Waals surface area contributed by atoms with Crippen LogP contribution in [0.25, 0.3) is 5.65 Å². The van der Waals surface area contributed by atoms with Crippen molar-refractivity contribution in [2.24, 2.45) is 0 Å². The van der Waals surface area contributed by atoms with E-state index in [0.29, 0.717) is 28.2 Å². The van der Waals surface area contributed by atoms with E-state index in [0.717, 1.165) is 5.69 Å². The normalized spacial score (nSPS) is 14.5. The highest BCUT2D eigenvalue weighted by molar-refractivity contribution is 7.14. The monoisotopic (exact) mass is 300 g/mol. The Balaban J connectivity index is 1.58. The molecular weight excluding hydrogens is 288 g/mol. The Kier molecular flexibility index (Phi) is 2.71. The van der Waals surface area contributed by atoms with Crippen molar-refractivity contribution >= 4 is 28.0 Å². The molecule has 3 aromatic heterocycles. The number of thiazole rings is 1. The van der Waals surface area contributed by atoms with Gasteiger partial charge >= 0.3 is 0 Å². The molecule has 0 aromatic carbocycles. The van der Waals surface area contributed by atoms with Crippen LogP contribution in [0.2, 0.25) is 0 Å². The van der Waals surface area contributed by atoms with Gasteiger partial charge in [0.15, 0.2) is 16.6 Å². The van der Waals surface area contributed by atoms with E-state index in [1.165, 1.54) is 24.2 Å². The first kappa shape index (κ1) is 12.4. The summed E-state index contributed by atoms with van der Waals surface area (Å²) in [6.07, 6.45) is 2.39. The topological polar surface area (TPSA) is 85.1 Å². The Morgan fingerprint density at radius 3 is 3.05 bits per heavy atom. The Labute approximate surface area is 124 Å². The SMILES string of the molecule is Cc1nnc2ccc(C(=O)Nc3nc(C4CC4)cs3)nn12. The van der Waals surface area contributed by atoms with Gasteiger partial charge in [-0.3, -0.25) is 10.1 Å². The van der Waals surface area contributed by atoms with Crippen LogP contribution in [0.1, 0.15) is 40.8 Å². The maximum atomic E-state index is 12.2. The van der Waals surface area contributed by atoms with Crippen LogP contribution < -0.4 is 5.32 Å². The number of hydrogen-bond acceptors (Lipinski definition) is 6. The highest BCUT2D eigenvalue weighted by Crippen LogP contribution is 2.40. The van der Waals surface area contributed by atoms with Gasteiger partial charge in [-0.2, -0.15) is 9.61 Å². The van der Waals surface area contributed by atoms with Gasteiger partial charge in [0.2, 0.25) is 0 Å². The van der Waals surface area contributed by atoms with E-state index < -0.39 is 0 Å². The fourth-order valence-corrected chi connectivity index (χ4v) is 2.88. The van der Waals surface area contributed by atoms with E-state index in [4.69, 9.17) is 0 Å². The molecule has 1 saturated carbocycles. The second-order valence-corrected chi connectivity index (χ2v) is 5.90. The first-order valence-electron chi connectivity index (χ1n) is 6.66. The average molecular weight is 300 g/mol. The summed E-state index contributed by atoms with van der Waals surface area (Å²) < 4.78 is 1.55. The zero-order valence-corrected chi connectivity index (χ0v) is 12.1. The third kappa shape index (κ3) is 2.27. The molecule has 1 fully saturated rings. The first-order valence-corrected chi connectivity index (χ1v) is 7.54. The molecule has 0 bridgehead atoms. The molecule has 0 saturated heterocycles. The molecule has 7 nitrogen and oxygen atoms in total. The van der Waals surface area contributed by atoms with Gasteiger partial charge in [-0.25, -0.2) is 4.98 Å². The number of nitrogens with zero attached hydrogens (tertiary/aromatic N) is 5. The van der Waals surface area contributed by atoms with E-state index in [1.54, 1.807) is 23.6 Å². The standard InChI is InChI=1S/C13H12N6OS/c1-7-16-17-11-5-4-9(18-19(7)11)12(20)15-13-14-10(6-21-13)8-2-3-8/h4-6,8H,2-3H2,1H3,(H,14,15,20). The third-order valence-corrected chi connectivity index (χ3v) is 4.17. The van der Waals surface area contributed by atoms with Gasteiger partial charge in [0, 0.05) is 11.3 Å². The van der Waals surface area contributed by atoms with Crippen LogP contribution >= 0.6 is 11.3 Å². The van der Waals surface area contributed by atoms with Gasteiger partial charge in [-0.1, -0.05) is 0 Å². The van der Waals surface area contributed by atoms with Crippen LogP contribution in [0, 0.1) is 6.92 Å². The van der Waals surface area contributed by atoms with Crippen LogP contribution in [0.3, 0.4) is 0 Å². The Bertz CT molecular complexity index is 834. The molecular formula is C13H12N6OS. The van der Waals surface area contributed by atoms with Crippen LogP contribution in [0.5, 0.6) is 0 Å². The number of carbonyl (C=O) groups is 1. The lowest BCUT2D eigenvalue weighted by molar-refractivity contribution is 0.102. The van der Waals surface area contributed by atoms with Gasteiger partial charge in [0.25, 0.3) is 5.91 Å². The predicted molar refractivity (Wildman–Crippen MR) is 77.6 cm³/mol. The van der Waals surface area contributed by atoms with E-state index in [9.17, 15) is 4.79 Å². The summed E-state index contributed by atoms with van der Waals surface area (Å²) in [6, 6.07) is 3.35. The molecule has 1 N–H and O–H groups in total. The van der Waals surface area contributed by atoms with E-state index in [-0.39, 0.29) is 5.91 Å². The molecule has 0 radical (unpaired) electrons. The molecule has 0 atom stereocenters. The highest BCUT2D eigenvalue weighted by atomic mass is 32.1. The number of rotatable bonds is 3. The van der Waals surface area contributed by atoms with Crippen LogP contribution in [0.15, 0.2) is 17.5 Å². The van der Waals surface area contributed by atoms with Crippen LogP contribution in [-0.4, -0.2) is 30.7 Å². The number of anilines is 1. The molecule has 3 heterocycles. The molecule has 21 heavy (non-hydrogen) atoms. The summed E-state index contributed by atoms with van der Waals surface area (Å²) in [5.41, 5.74) is 2.01. The molecule has 0 spiro atoms. The summed E-state index contributed by atoms with van der Waals surface area (Å²) >= 11 is 1.45. The summed E-state index contributed by atoms with van der Waals surface area (Å²) in [4.78, 5) is 16.7. The van der Waals surface area contributed by atoms with Gasteiger partial charge in [-0.15, -0.1) is 21.5 Å². The molecule has 0 unspecified atom stereocenters. The van der Waals surface area contributed by atoms with Crippen molar-refractivity contribution in [3.05, 3.63) is 34.7 Å². The zero-order valence-electron chi connectivity index (χ0n) is 11.3. The lowest BCUT2D eigenvalue weighted by atomic mass is 10.3. The van der Waals surface area contributed by atoms with Crippen molar-refractivity contribution in [2.75, 3.05) is 5.32 Å². The molecule has 1 amide bonds.